The molecular weight excluding hydrogens is 405 g/mol. The van der Waals surface area contributed by atoms with E-state index in [2.05, 4.69) is 32.5 Å². The van der Waals surface area contributed by atoms with Crippen molar-refractivity contribution in [1.29, 1.82) is 0 Å². The van der Waals surface area contributed by atoms with Gasteiger partial charge in [-0.15, -0.1) is 24.0 Å². The maximum absolute atomic E-state index is 5.36. The van der Waals surface area contributed by atoms with Crippen LogP contribution in [0, 0.1) is 0 Å². The molecule has 0 atom stereocenters. The summed E-state index contributed by atoms with van der Waals surface area (Å²) in [7, 11) is 4.08. The van der Waals surface area contributed by atoms with Gasteiger partial charge in [0.1, 0.15) is 0 Å². The van der Waals surface area contributed by atoms with Crippen molar-refractivity contribution in [1.82, 2.24) is 20.4 Å². The number of ether oxygens (including phenoxy) is 1. The standard InChI is InChI=1S/C16H33N5O.HI/c1-17-16(19-8-10-21-11-13-22-14-12-21)18-7-9-20(2)15-5-3-4-6-15;/h15H,3-14H2,1-2H3,(H2,17,18,19);1H. The van der Waals surface area contributed by atoms with Crippen LogP contribution in [0.5, 0.6) is 0 Å². The molecule has 1 heterocycles. The van der Waals surface area contributed by atoms with Crippen LogP contribution in [-0.2, 0) is 4.74 Å². The molecule has 0 spiro atoms. The van der Waals surface area contributed by atoms with Crippen molar-refractivity contribution in [3.05, 3.63) is 0 Å². The number of hydrogen-bond acceptors (Lipinski definition) is 4. The molecule has 0 amide bonds. The van der Waals surface area contributed by atoms with Crippen molar-refractivity contribution in [2.75, 3.05) is 66.6 Å². The second kappa shape index (κ2) is 12.3. The molecular formula is C16H34IN5O. The Balaban J connectivity index is 0.00000264. The number of likely N-dealkylation sites (N-methyl/N-ethyl adjacent to an activating group) is 1. The first kappa shape index (κ1) is 20.9. The first-order valence-electron chi connectivity index (χ1n) is 8.74. The van der Waals surface area contributed by atoms with Crippen LogP contribution in [0.4, 0.5) is 0 Å². The number of rotatable bonds is 7. The fourth-order valence-electron chi connectivity index (χ4n) is 3.26. The Bertz CT molecular complexity index is 330. The van der Waals surface area contributed by atoms with Gasteiger partial charge in [-0.05, 0) is 19.9 Å². The highest BCUT2D eigenvalue weighted by Crippen LogP contribution is 2.21. The molecule has 1 aliphatic carbocycles. The zero-order valence-electron chi connectivity index (χ0n) is 14.7. The van der Waals surface area contributed by atoms with Crippen LogP contribution < -0.4 is 10.6 Å². The number of halogens is 1. The Morgan fingerprint density at radius 1 is 1.17 bits per heavy atom. The van der Waals surface area contributed by atoms with Crippen molar-refractivity contribution in [2.45, 2.75) is 31.7 Å². The van der Waals surface area contributed by atoms with E-state index in [-0.39, 0.29) is 24.0 Å². The number of nitrogens with one attached hydrogen (secondary N) is 2. The third-order valence-electron chi connectivity index (χ3n) is 4.75. The predicted octanol–water partition coefficient (Wildman–Crippen LogP) is 0.976. The van der Waals surface area contributed by atoms with Crippen molar-refractivity contribution in [2.24, 2.45) is 4.99 Å². The fraction of sp³-hybridized carbons (Fsp3) is 0.938. The van der Waals surface area contributed by atoms with Crippen LogP contribution in [0.1, 0.15) is 25.7 Å². The lowest BCUT2D eigenvalue weighted by Gasteiger charge is -2.27. The SMILES string of the molecule is CN=C(NCCN1CCOCC1)NCCN(C)C1CCCC1.I. The second-order valence-electron chi connectivity index (χ2n) is 6.30. The maximum Gasteiger partial charge on any atom is 0.191 e. The number of guanidine groups is 1. The van der Waals surface area contributed by atoms with Crippen LogP contribution in [0.3, 0.4) is 0 Å². The molecule has 0 radical (unpaired) electrons. The largest absolute Gasteiger partial charge is 0.379 e. The number of hydrogen-bond donors (Lipinski definition) is 2. The van der Waals surface area contributed by atoms with E-state index in [9.17, 15) is 0 Å². The van der Waals surface area contributed by atoms with E-state index >= 15 is 0 Å². The number of aliphatic imine (C=N–C) groups is 1. The van der Waals surface area contributed by atoms with Gasteiger partial charge in [0.15, 0.2) is 5.96 Å². The number of morpholine rings is 1. The molecule has 23 heavy (non-hydrogen) atoms. The maximum atomic E-state index is 5.36. The van der Waals surface area contributed by atoms with E-state index in [0.717, 1.165) is 64.5 Å². The predicted molar refractivity (Wildman–Crippen MR) is 107 cm³/mol. The van der Waals surface area contributed by atoms with E-state index in [0.29, 0.717) is 0 Å². The summed E-state index contributed by atoms with van der Waals surface area (Å²) in [5.74, 6) is 0.910. The van der Waals surface area contributed by atoms with E-state index in [1.54, 1.807) is 0 Å². The van der Waals surface area contributed by atoms with Crippen molar-refractivity contribution >= 4 is 29.9 Å². The van der Waals surface area contributed by atoms with Crippen LogP contribution in [0.15, 0.2) is 4.99 Å². The van der Waals surface area contributed by atoms with Crippen molar-refractivity contribution in [3.63, 3.8) is 0 Å². The zero-order chi connectivity index (χ0) is 15.6. The van der Waals surface area contributed by atoms with E-state index in [1.807, 2.05) is 7.05 Å². The summed E-state index contributed by atoms with van der Waals surface area (Å²) in [5.41, 5.74) is 0. The molecule has 0 bridgehead atoms. The third-order valence-corrected chi connectivity index (χ3v) is 4.75. The third kappa shape index (κ3) is 8.00. The van der Waals surface area contributed by atoms with Gasteiger partial charge in [0, 0.05) is 52.4 Å². The van der Waals surface area contributed by atoms with Gasteiger partial charge in [0.05, 0.1) is 13.2 Å². The summed E-state index contributed by atoms with van der Waals surface area (Å²) in [6.45, 7) is 7.81. The lowest BCUT2D eigenvalue weighted by Crippen LogP contribution is -2.46. The van der Waals surface area contributed by atoms with Crippen molar-refractivity contribution < 1.29 is 4.74 Å². The smallest absolute Gasteiger partial charge is 0.191 e. The van der Waals surface area contributed by atoms with Gasteiger partial charge < -0.3 is 20.3 Å². The minimum absolute atomic E-state index is 0. The van der Waals surface area contributed by atoms with Crippen LogP contribution >= 0.6 is 24.0 Å². The minimum Gasteiger partial charge on any atom is -0.379 e. The van der Waals surface area contributed by atoms with E-state index in [4.69, 9.17) is 4.74 Å². The monoisotopic (exact) mass is 439 g/mol. The van der Waals surface area contributed by atoms with Gasteiger partial charge in [-0.2, -0.15) is 0 Å². The first-order chi connectivity index (χ1) is 10.8. The average Bonchev–Trinajstić information content (AvgIpc) is 3.09. The molecule has 7 heteroatoms. The fourth-order valence-corrected chi connectivity index (χ4v) is 3.26. The van der Waals surface area contributed by atoms with Crippen molar-refractivity contribution in [3.8, 4) is 0 Å². The highest BCUT2D eigenvalue weighted by molar-refractivity contribution is 14.0. The summed E-state index contributed by atoms with van der Waals surface area (Å²) in [5, 5.41) is 6.81. The second-order valence-corrected chi connectivity index (χ2v) is 6.30. The Kier molecular flexibility index (Phi) is 11.2. The van der Waals surface area contributed by atoms with E-state index < -0.39 is 0 Å². The van der Waals surface area contributed by atoms with Gasteiger partial charge in [0.2, 0.25) is 0 Å². The summed E-state index contributed by atoms with van der Waals surface area (Å²) < 4.78 is 5.36. The molecule has 0 aromatic heterocycles. The Morgan fingerprint density at radius 2 is 1.83 bits per heavy atom. The van der Waals surface area contributed by atoms with Gasteiger partial charge >= 0.3 is 0 Å². The minimum atomic E-state index is 0. The molecule has 0 aromatic rings. The summed E-state index contributed by atoms with van der Waals surface area (Å²) in [4.78, 5) is 9.21. The summed E-state index contributed by atoms with van der Waals surface area (Å²) in [6.07, 6.45) is 5.52. The lowest BCUT2D eigenvalue weighted by molar-refractivity contribution is 0.0389. The Morgan fingerprint density at radius 3 is 2.48 bits per heavy atom. The lowest BCUT2D eigenvalue weighted by atomic mass is 10.2. The molecule has 2 N–H and O–H groups in total. The normalized spacial score (nSPS) is 20.6. The Hall–Kier alpha value is -0.120. The molecule has 2 rings (SSSR count). The van der Waals surface area contributed by atoms with Crippen LogP contribution in [0.25, 0.3) is 0 Å². The molecule has 1 saturated heterocycles. The molecule has 2 fully saturated rings. The topological polar surface area (TPSA) is 52.1 Å². The molecule has 136 valence electrons. The van der Waals surface area contributed by atoms with Crippen LogP contribution in [-0.4, -0.2) is 88.4 Å². The molecule has 6 nitrogen and oxygen atoms in total. The molecule has 1 aliphatic heterocycles. The van der Waals surface area contributed by atoms with Gasteiger partial charge in [-0.1, -0.05) is 12.8 Å². The average molecular weight is 439 g/mol. The quantitative estimate of drug-likeness (QED) is 0.352. The van der Waals surface area contributed by atoms with Gasteiger partial charge in [-0.25, -0.2) is 0 Å². The highest BCUT2D eigenvalue weighted by atomic mass is 127. The van der Waals surface area contributed by atoms with Gasteiger partial charge in [0.25, 0.3) is 0 Å². The van der Waals surface area contributed by atoms with Crippen LogP contribution in [0.2, 0.25) is 0 Å². The zero-order valence-corrected chi connectivity index (χ0v) is 17.1. The molecule has 1 saturated carbocycles. The summed E-state index contributed by atoms with van der Waals surface area (Å²) in [6, 6.07) is 0.790. The van der Waals surface area contributed by atoms with Gasteiger partial charge in [-0.3, -0.25) is 9.89 Å². The molecule has 2 aliphatic rings. The first-order valence-corrected chi connectivity index (χ1v) is 8.74. The summed E-state index contributed by atoms with van der Waals surface area (Å²) >= 11 is 0. The highest BCUT2D eigenvalue weighted by Gasteiger charge is 2.18. The Labute approximate surface area is 158 Å². The molecule has 0 unspecified atom stereocenters. The molecule has 0 aromatic carbocycles. The van der Waals surface area contributed by atoms with E-state index in [1.165, 1.54) is 25.7 Å². The number of nitrogens with zero attached hydrogens (tertiary/aromatic N) is 3.